The smallest absolute Gasteiger partial charge is 0.314 e. The van der Waals surface area contributed by atoms with Crippen LogP contribution >= 0.6 is 0 Å². The molecule has 4 aromatic rings. The molecular formula is C21H19N3O2. The molecule has 130 valence electrons. The number of fused-ring (bicyclic) bond motifs is 1. The molecule has 0 aliphatic rings. The van der Waals surface area contributed by atoms with Crippen molar-refractivity contribution in [3.63, 3.8) is 0 Å². The van der Waals surface area contributed by atoms with Crippen LogP contribution in [0.15, 0.2) is 70.4 Å². The monoisotopic (exact) mass is 345 g/mol. The lowest BCUT2D eigenvalue weighted by Gasteiger charge is -2.12. The second-order valence-corrected chi connectivity index (χ2v) is 6.46. The third-order valence-corrected chi connectivity index (χ3v) is 4.87. The Balaban J connectivity index is 2.26. The molecule has 0 saturated heterocycles. The molecule has 4 rings (SSSR count). The minimum atomic E-state index is -0.330. The van der Waals surface area contributed by atoms with Crippen LogP contribution in [-0.4, -0.2) is 13.7 Å². The molecular weight excluding hydrogens is 326 g/mol. The first-order valence-corrected chi connectivity index (χ1v) is 8.43. The number of hydrogen-bond donors (Lipinski definition) is 0. The summed E-state index contributed by atoms with van der Waals surface area (Å²) < 4.78 is 4.69. The van der Waals surface area contributed by atoms with Gasteiger partial charge in [0.2, 0.25) is 0 Å². The van der Waals surface area contributed by atoms with Crippen LogP contribution in [0, 0.1) is 6.92 Å². The van der Waals surface area contributed by atoms with Gasteiger partial charge >= 0.3 is 5.69 Å². The number of para-hydroxylation sites is 1. The zero-order chi connectivity index (χ0) is 18.4. The average molecular weight is 345 g/mol. The summed E-state index contributed by atoms with van der Waals surface area (Å²) in [5.74, 6) is 0. The highest BCUT2D eigenvalue weighted by Gasteiger charge is 2.20. The molecule has 26 heavy (non-hydrogen) atoms. The van der Waals surface area contributed by atoms with Gasteiger partial charge in [0.15, 0.2) is 0 Å². The van der Waals surface area contributed by atoms with Crippen LogP contribution in [-0.2, 0) is 14.1 Å². The van der Waals surface area contributed by atoms with Gasteiger partial charge in [0.25, 0.3) is 5.56 Å². The highest BCUT2D eigenvalue weighted by atomic mass is 16.2. The Morgan fingerprint density at radius 3 is 2.15 bits per heavy atom. The predicted molar refractivity (Wildman–Crippen MR) is 104 cm³/mol. The molecule has 0 aliphatic heterocycles. The summed E-state index contributed by atoms with van der Waals surface area (Å²) in [4.78, 5) is 25.4. The number of aryl methyl sites for hydroxylation is 2. The van der Waals surface area contributed by atoms with Crippen molar-refractivity contribution in [2.24, 2.45) is 14.1 Å². The van der Waals surface area contributed by atoms with E-state index in [1.807, 2.05) is 72.3 Å². The molecule has 0 saturated carbocycles. The topological polar surface area (TPSA) is 48.9 Å². The molecule has 2 heterocycles. The van der Waals surface area contributed by atoms with Crippen molar-refractivity contribution in [2.45, 2.75) is 6.92 Å². The third kappa shape index (κ3) is 2.24. The van der Waals surface area contributed by atoms with E-state index in [2.05, 4.69) is 0 Å². The average Bonchev–Trinajstić information content (AvgIpc) is 3.06. The zero-order valence-corrected chi connectivity index (χ0v) is 14.9. The highest BCUT2D eigenvalue weighted by Crippen LogP contribution is 2.32. The van der Waals surface area contributed by atoms with E-state index in [1.54, 1.807) is 7.05 Å². The molecule has 0 bridgehead atoms. The maximum Gasteiger partial charge on any atom is 0.330 e. The van der Waals surface area contributed by atoms with E-state index < -0.39 is 0 Å². The van der Waals surface area contributed by atoms with Crippen LogP contribution in [0.2, 0.25) is 0 Å². The van der Waals surface area contributed by atoms with E-state index in [-0.39, 0.29) is 11.2 Å². The van der Waals surface area contributed by atoms with Crippen molar-refractivity contribution < 1.29 is 0 Å². The van der Waals surface area contributed by atoms with Gasteiger partial charge in [-0.05, 0) is 24.6 Å². The summed E-state index contributed by atoms with van der Waals surface area (Å²) in [7, 11) is 3.21. The van der Waals surface area contributed by atoms with E-state index in [0.717, 1.165) is 22.5 Å². The van der Waals surface area contributed by atoms with Gasteiger partial charge < -0.3 is 4.57 Å². The largest absolute Gasteiger partial charge is 0.330 e. The fourth-order valence-corrected chi connectivity index (χ4v) is 3.44. The van der Waals surface area contributed by atoms with Crippen LogP contribution in [0.4, 0.5) is 0 Å². The molecule has 0 unspecified atom stereocenters. The fraction of sp³-hybridized carbons (Fsp3) is 0.143. The van der Waals surface area contributed by atoms with Crippen molar-refractivity contribution in [2.75, 3.05) is 0 Å². The van der Waals surface area contributed by atoms with Gasteiger partial charge in [0.05, 0.1) is 16.6 Å². The number of aromatic nitrogens is 3. The Labute approximate surface area is 150 Å². The highest BCUT2D eigenvalue weighted by molar-refractivity contribution is 5.95. The van der Waals surface area contributed by atoms with Gasteiger partial charge in [0.1, 0.15) is 0 Å². The molecule has 0 radical (unpaired) electrons. The van der Waals surface area contributed by atoms with Crippen LogP contribution < -0.4 is 11.2 Å². The predicted octanol–water partition coefficient (Wildman–Crippen LogP) is 3.00. The summed E-state index contributed by atoms with van der Waals surface area (Å²) in [5, 5.41) is 0.549. The lowest BCUT2D eigenvalue weighted by Crippen LogP contribution is -2.36. The molecule has 2 aromatic heterocycles. The Morgan fingerprint density at radius 2 is 1.46 bits per heavy atom. The summed E-state index contributed by atoms with van der Waals surface area (Å²) in [6.45, 7) is 2.02. The van der Waals surface area contributed by atoms with Gasteiger partial charge in [-0.2, -0.15) is 0 Å². The lowest BCUT2D eigenvalue weighted by molar-refractivity contribution is 0.714. The molecule has 0 aliphatic carbocycles. The molecule has 0 amide bonds. The van der Waals surface area contributed by atoms with Gasteiger partial charge in [-0.15, -0.1) is 0 Å². The van der Waals surface area contributed by atoms with Crippen molar-refractivity contribution in [3.8, 4) is 16.9 Å². The first kappa shape index (κ1) is 16.1. The maximum absolute atomic E-state index is 13.0. The van der Waals surface area contributed by atoms with E-state index in [1.165, 1.54) is 16.2 Å². The summed E-state index contributed by atoms with van der Waals surface area (Å²) >= 11 is 0. The van der Waals surface area contributed by atoms with Gasteiger partial charge in [-0.3, -0.25) is 13.9 Å². The van der Waals surface area contributed by atoms with Crippen molar-refractivity contribution in [3.05, 3.63) is 87.2 Å². The quantitative estimate of drug-likeness (QED) is 0.561. The molecule has 2 aromatic carbocycles. The third-order valence-electron chi connectivity index (χ3n) is 4.87. The number of benzene rings is 2. The lowest BCUT2D eigenvalue weighted by atomic mass is 10.0. The van der Waals surface area contributed by atoms with E-state index in [0.29, 0.717) is 10.9 Å². The Morgan fingerprint density at radius 1 is 0.808 bits per heavy atom. The molecule has 0 fully saturated rings. The van der Waals surface area contributed by atoms with Crippen molar-refractivity contribution in [1.82, 2.24) is 13.7 Å². The van der Waals surface area contributed by atoms with E-state index in [4.69, 9.17) is 0 Å². The van der Waals surface area contributed by atoms with Crippen molar-refractivity contribution in [1.29, 1.82) is 0 Å². The first-order valence-electron chi connectivity index (χ1n) is 8.43. The summed E-state index contributed by atoms with van der Waals surface area (Å²) in [6, 6.07) is 17.8. The normalized spacial score (nSPS) is 11.2. The Hall–Kier alpha value is -3.34. The first-order chi connectivity index (χ1) is 12.5. The van der Waals surface area contributed by atoms with Gasteiger partial charge in [0, 0.05) is 31.5 Å². The summed E-state index contributed by atoms with van der Waals surface area (Å²) in [5.41, 5.74) is 3.81. The molecule has 0 atom stereocenters. The molecule has 0 spiro atoms. The number of nitrogens with zero attached hydrogens (tertiary/aromatic N) is 3. The van der Waals surface area contributed by atoms with Crippen LogP contribution in [0.3, 0.4) is 0 Å². The van der Waals surface area contributed by atoms with Crippen LogP contribution in [0.25, 0.3) is 27.8 Å². The maximum atomic E-state index is 13.0. The van der Waals surface area contributed by atoms with Gasteiger partial charge in [-0.25, -0.2) is 4.79 Å². The van der Waals surface area contributed by atoms with E-state index in [9.17, 15) is 9.59 Å². The van der Waals surface area contributed by atoms with Crippen LogP contribution in [0.1, 0.15) is 5.56 Å². The molecule has 5 heteroatoms. The van der Waals surface area contributed by atoms with Gasteiger partial charge in [-0.1, -0.05) is 42.5 Å². The standard InChI is InChI=1S/C21H19N3O2/c1-14-9-7-8-12-16(14)19-18-17(22(2)21(26)23(3)20(18)25)13-24(19)15-10-5-4-6-11-15/h4-13H,1-3H3. The SMILES string of the molecule is Cc1ccccc1-c1c2c(=O)n(C)c(=O)n(C)c2cn1-c1ccccc1. The Bertz CT molecular complexity index is 1240. The molecule has 5 nitrogen and oxygen atoms in total. The fourth-order valence-electron chi connectivity index (χ4n) is 3.44. The second kappa shape index (κ2) is 5.88. The molecule has 0 N–H and O–H groups in total. The summed E-state index contributed by atoms with van der Waals surface area (Å²) in [6.07, 6.45) is 1.87. The van der Waals surface area contributed by atoms with E-state index >= 15 is 0 Å². The second-order valence-electron chi connectivity index (χ2n) is 6.46. The minimum absolute atomic E-state index is 0.281. The number of hydrogen-bond acceptors (Lipinski definition) is 2. The zero-order valence-electron chi connectivity index (χ0n) is 14.9. The Kier molecular flexibility index (Phi) is 3.65. The van der Waals surface area contributed by atoms with Crippen LogP contribution in [0.5, 0.6) is 0 Å². The van der Waals surface area contributed by atoms with Crippen molar-refractivity contribution >= 4 is 10.9 Å². The minimum Gasteiger partial charge on any atom is -0.314 e. The number of rotatable bonds is 2.